The molecule has 0 aliphatic rings. The summed E-state index contributed by atoms with van der Waals surface area (Å²) < 4.78 is 18.8. The van der Waals surface area contributed by atoms with Gasteiger partial charge in [-0.1, -0.05) is 30.3 Å². The molecule has 2 N–H and O–H groups in total. The minimum atomic E-state index is -0.277. The number of nitrogens with zero attached hydrogens (tertiary/aromatic N) is 1. The number of pyridine rings is 1. The van der Waals surface area contributed by atoms with Crippen LogP contribution < -0.4 is 15.4 Å². The molecule has 0 saturated carbocycles. The van der Waals surface area contributed by atoms with Crippen LogP contribution >= 0.6 is 0 Å². The molecule has 3 aromatic rings. The normalized spacial score (nSPS) is 10.3. The van der Waals surface area contributed by atoms with Gasteiger partial charge >= 0.3 is 0 Å². The highest BCUT2D eigenvalue weighted by molar-refractivity contribution is 5.93. The van der Waals surface area contributed by atoms with Crippen molar-refractivity contribution in [1.29, 1.82) is 0 Å². The van der Waals surface area contributed by atoms with Gasteiger partial charge in [0.1, 0.15) is 17.3 Å². The van der Waals surface area contributed by atoms with E-state index in [9.17, 15) is 9.18 Å². The van der Waals surface area contributed by atoms with E-state index in [4.69, 9.17) is 4.74 Å². The number of hydrogen-bond acceptors (Lipinski definition) is 4. The van der Waals surface area contributed by atoms with Gasteiger partial charge in [0, 0.05) is 30.5 Å². The van der Waals surface area contributed by atoms with Crippen molar-refractivity contribution in [1.82, 2.24) is 10.3 Å². The van der Waals surface area contributed by atoms with Gasteiger partial charge in [-0.05, 0) is 35.9 Å². The number of benzene rings is 2. The molecule has 0 radical (unpaired) electrons. The number of nitrogens with one attached hydrogen (secondary N) is 2. The number of rotatable bonds is 7. The number of methoxy groups -OCH3 is 1. The Labute approximate surface area is 157 Å². The van der Waals surface area contributed by atoms with Crippen LogP contribution in [-0.2, 0) is 13.1 Å². The van der Waals surface area contributed by atoms with E-state index in [0.717, 1.165) is 11.3 Å². The average Bonchev–Trinajstić information content (AvgIpc) is 2.72. The van der Waals surface area contributed by atoms with Gasteiger partial charge < -0.3 is 15.4 Å². The summed E-state index contributed by atoms with van der Waals surface area (Å²) in [4.78, 5) is 16.4. The highest BCUT2D eigenvalue weighted by atomic mass is 19.1. The Bertz CT molecular complexity index is 913. The number of aromatic nitrogens is 1. The molecule has 0 fully saturated rings. The Morgan fingerprint density at radius 3 is 2.59 bits per heavy atom. The van der Waals surface area contributed by atoms with Gasteiger partial charge in [0.05, 0.1) is 7.11 Å². The van der Waals surface area contributed by atoms with Crippen molar-refractivity contribution in [3.05, 3.63) is 89.5 Å². The highest BCUT2D eigenvalue weighted by Gasteiger charge is 2.08. The first-order chi connectivity index (χ1) is 13.2. The van der Waals surface area contributed by atoms with Crippen LogP contribution in [0.4, 0.5) is 10.1 Å². The summed E-state index contributed by atoms with van der Waals surface area (Å²) in [5, 5.41) is 5.94. The molecule has 0 bridgehead atoms. The van der Waals surface area contributed by atoms with E-state index >= 15 is 0 Å². The summed E-state index contributed by atoms with van der Waals surface area (Å²) in [6.45, 7) is 0.709. The first-order valence-electron chi connectivity index (χ1n) is 8.50. The zero-order valence-electron chi connectivity index (χ0n) is 14.9. The van der Waals surface area contributed by atoms with E-state index in [0.29, 0.717) is 30.0 Å². The SMILES string of the molecule is COc1ccc(CNC(=O)c2cc(NCc3ccccc3F)ccn2)cc1. The number of amides is 1. The number of hydrogen-bond donors (Lipinski definition) is 2. The van der Waals surface area contributed by atoms with Crippen molar-refractivity contribution in [2.45, 2.75) is 13.1 Å². The minimum Gasteiger partial charge on any atom is -0.497 e. The topological polar surface area (TPSA) is 63.2 Å². The average molecular weight is 365 g/mol. The van der Waals surface area contributed by atoms with Crippen molar-refractivity contribution in [3.63, 3.8) is 0 Å². The zero-order chi connectivity index (χ0) is 19.1. The lowest BCUT2D eigenvalue weighted by molar-refractivity contribution is 0.0946. The summed E-state index contributed by atoms with van der Waals surface area (Å²) in [5.41, 5.74) is 2.50. The molecule has 0 unspecified atom stereocenters. The third kappa shape index (κ3) is 5.04. The van der Waals surface area contributed by atoms with E-state index in [2.05, 4.69) is 15.6 Å². The minimum absolute atomic E-state index is 0.267. The predicted octanol–water partition coefficient (Wildman–Crippen LogP) is 3.77. The lowest BCUT2D eigenvalue weighted by Gasteiger charge is -2.09. The smallest absolute Gasteiger partial charge is 0.270 e. The molecule has 3 rings (SSSR count). The molecule has 2 aromatic carbocycles. The second kappa shape index (κ2) is 8.80. The Morgan fingerprint density at radius 2 is 1.85 bits per heavy atom. The van der Waals surface area contributed by atoms with Crippen LogP contribution in [0.1, 0.15) is 21.6 Å². The third-order valence-corrected chi connectivity index (χ3v) is 4.05. The molecule has 27 heavy (non-hydrogen) atoms. The Kier molecular flexibility index (Phi) is 5.99. The van der Waals surface area contributed by atoms with Crippen LogP contribution in [0.3, 0.4) is 0 Å². The molecule has 0 atom stereocenters. The largest absolute Gasteiger partial charge is 0.497 e. The molecule has 1 amide bonds. The van der Waals surface area contributed by atoms with Crippen LogP contribution in [0.25, 0.3) is 0 Å². The summed E-state index contributed by atoms with van der Waals surface area (Å²) >= 11 is 0. The van der Waals surface area contributed by atoms with Gasteiger partial charge in [-0.3, -0.25) is 9.78 Å². The van der Waals surface area contributed by atoms with Gasteiger partial charge in [-0.15, -0.1) is 0 Å². The van der Waals surface area contributed by atoms with Crippen LogP contribution in [-0.4, -0.2) is 18.0 Å². The molecule has 0 aliphatic heterocycles. The number of carbonyl (C=O) groups excluding carboxylic acids is 1. The molecule has 138 valence electrons. The summed E-state index contributed by atoms with van der Waals surface area (Å²) in [5.74, 6) is 0.220. The van der Waals surface area contributed by atoms with E-state index in [-0.39, 0.29) is 11.7 Å². The Hall–Kier alpha value is -3.41. The molecular formula is C21H20FN3O2. The fourth-order valence-corrected chi connectivity index (χ4v) is 2.52. The quantitative estimate of drug-likeness (QED) is 0.669. The number of ether oxygens (including phenoxy) is 1. The van der Waals surface area contributed by atoms with E-state index in [1.165, 1.54) is 6.07 Å². The summed E-state index contributed by atoms with van der Waals surface area (Å²) in [6, 6.07) is 17.4. The molecule has 5 nitrogen and oxygen atoms in total. The fourth-order valence-electron chi connectivity index (χ4n) is 2.52. The molecule has 6 heteroatoms. The molecule has 0 spiro atoms. The van der Waals surface area contributed by atoms with E-state index in [1.807, 2.05) is 24.3 Å². The molecule has 0 saturated heterocycles. The second-order valence-electron chi connectivity index (χ2n) is 5.91. The maximum Gasteiger partial charge on any atom is 0.270 e. The Balaban J connectivity index is 1.58. The van der Waals surface area contributed by atoms with Gasteiger partial charge in [0.25, 0.3) is 5.91 Å². The van der Waals surface area contributed by atoms with Crippen molar-refractivity contribution >= 4 is 11.6 Å². The van der Waals surface area contributed by atoms with Crippen LogP contribution in [0.5, 0.6) is 5.75 Å². The van der Waals surface area contributed by atoms with Crippen molar-refractivity contribution < 1.29 is 13.9 Å². The summed E-state index contributed by atoms with van der Waals surface area (Å²) in [6.07, 6.45) is 1.55. The van der Waals surface area contributed by atoms with Crippen molar-refractivity contribution in [3.8, 4) is 5.75 Å². The first-order valence-corrected chi connectivity index (χ1v) is 8.50. The summed E-state index contributed by atoms with van der Waals surface area (Å²) in [7, 11) is 1.61. The third-order valence-electron chi connectivity index (χ3n) is 4.05. The van der Waals surface area contributed by atoms with Gasteiger partial charge in [-0.25, -0.2) is 4.39 Å². The number of carbonyl (C=O) groups is 1. The first kappa shape index (κ1) is 18.4. The molecule has 0 aliphatic carbocycles. The number of anilines is 1. The van der Waals surface area contributed by atoms with Crippen LogP contribution in [0, 0.1) is 5.82 Å². The molecule has 1 aromatic heterocycles. The van der Waals surface area contributed by atoms with Crippen molar-refractivity contribution in [2.75, 3.05) is 12.4 Å². The molecular weight excluding hydrogens is 345 g/mol. The molecule has 1 heterocycles. The van der Waals surface area contributed by atoms with Gasteiger partial charge in [0.2, 0.25) is 0 Å². The van der Waals surface area contributed by atoms with Crippen LogP contribution in [0.2, 0.25) is 0 Å². The predicted molar refractivity (Wildman–Crippen MR) is 102 cm³/mol. The lowest BCUT2D eigenvalue weighted by atomic mass is 10.2. The maximum absolute atomic E-state index is 13.7. The lowest BCUT2D eigenvalue weighted by Crippen LogP contribution is -2.23. The maximum atomic E-state index is 13.7. The van der Waals surface area contributed by atoms with E-state index in [1.54, 1.807) is 43.6 Å². The monoisotopic (exact) mass is 365 g/mol. The van der Waals surface area contributed by atoms with Crippen molar-refractivity contribution in [2.24, 2.45) is 0 Å². The Morgan fingerprint density at radius 1 is 1.07 bits per heavy atom. The zero-order valence-corrected chi connectivity index (χ0v) is 14.9. The fraction of sp³-hybridized carbons (Fsp3) is 0.143. The number of halogens is 1. The standard InChI is InChI=1S/C21H20FN3O2/c1-27-18-8-6-15(7-9-18)13-25-21(26)20-12-17(10-11-23-20)24-14-16-4-2-3-5-19(16)22/h2-12H,13-14H2,1H3,(H,23,24)(H,25,26). The van der Waals surface area contributed by atoms with Gasteiger partial charge in [0.15, 0.2) is 0 Å². The van der Waals surface area contributed by atoms with Gasteiger partial charge in [-0.2, -0.15) is 0 Å². The highest BCUT2D eigenvalue weighted by Crippen LogP contribution is 2.13. The second-order valence-corrected chi connectivity index (χ2v) is 5.91. The van der Waals surface area contributed by atoms with E-state index < -0.39 is 0 Å². The van der Waals surface area contributed by atoms with Crippen LogP contribution in [0.15, 0.2) is 66.9 Å².